The van der Waals surface area contributed by atoms with Crippen molar-refractivity contribution in [3.8, 4) is 11.4 Å². The molecule has 2 N–H and O–H groups in total. The first kappa shape index (κ1) is 12.9. The summed E-state index contributed by atoms with van der Waals surface area (Å²) in [6.45, 7) is 2.79. The van der Waals surface area contributed by atoms with E-state index in [9.17, 15) is 0 Å². The first-order chi connectivity index (χ1) is 9.70. The summed E-state index contributed by atoms with van der Waals surface area (Å²) in [6.07, 6.45) is 0.895. The molecule has 3 heteroatoms. The van der Waals surface area contributed by atoms with Crippen molar-refractivity contribution in [2.45, 2.75) is 13.3 Å². The monoisotopic (exact) mass is 265 g/mol. The van der Waals surface area contributed by atoms with Gasteiger partial charge >= 0.3 is 0 Å². The Labute approximate surface area is 119 Å². The highest BCUT2D eigenvalue weighted by Gasteiger charge is 2.11. The molecule has 1 heterocycles. The van der Waals surface area contributed by atoms with E-state index >= 15 is 0 Å². The van der Waals surface area contributed by atoms with E-state index < -0.39 is 0 Å². The van der Waals surface area contributed by atoms with Gasteiger partial charge in [0.2, 0.25) is 0 Å². The third-order valence-electron chi connectivity index (χ3n) is 3.76. The normalized spacial score (nSPS) is 11.2. The van der Waals surface area contributed by atoms with Crippen molar-refractivity contribution in [2.24, 2.45) is 12.8 Å². The summed E-state index contributed by atoms with van der Waals surface area (Å²) in [6, 6.07) is 14.8. The van der Waals surface area contributed by atoms with Crippen molar-refractivity contribution in [1.82, 2.24) is 9.55 Å². The topological polar surface area (TPSA) is 43.8 Å². The zero-order chi connectivity index (χ0) is 14.1. The van der Waals surface area contributed by atoms with Crippen LogP contribution in [0.2, 0.25) is 0 Å². The fourth-order valence-corrected chi connectivity index (χ4v) is 2.63. The summed E-state index contributed by atoms with van der Waals surface area (Å²) >= 11 is 0. The molecule has 0 radical (unpaired) electrons. The van der Waals surface area contributed by atoms with E-state index in [2.05, 4.69) is 61.0 Å². The van der Waals surface area contributed by atoms with Crippen molar-refractivity contribution in [2.75, 3.05) is 6.54 Å². The molecule has 3 rings (SSSR count). The number of aryl methyl sites for hydroxylation is 2. The predicted molar refractivity (Wildman–Crippen MR) is 83.6 cm³/mol. The van der Waals surface area contributed by atoms with Gasteiger partial charge in [0.05, 0.1) is 11.0 Å². The van der Waals surface area contributed by atoms with E-state index in [1.165, 1.54) is 16.7 Å². The van der Waals surface area contributed by atoms with Crippen molar-refractivity contribution in [1.29, 1.82) is 0 Å². The van der Waals surface area contributed by atoms with Gasteiger partial charge < -0.3 is 10.3 Å². The second kappa shape index (κ2) is 5.10. The van der Waals surface area contributed by atoms with E-state index in [-0.39, 0.29) is 0 Å². The molecule has 3 aromatic rings. The molecule has 0 saturated heterocycles. The van der Waals surface area contributed by atoms with Gasteiger partial charge in [-0.1, -0.05) is 30.3 Å². The number of hydrogen-bond acceptors (Lipinski definition) is 2. The SMILES string of the molecule is Cc1ccccc1-c1nc2cc(CCN)ccc2n1C. The summed E-state index contributed by atoms with van der Waals surface area (Å²) in [4.78, 5) is 4.81. The van der Waals surface area contributed by atoms with Crippen molar-refractivity contribution in [3.63, 3.8) is 0 Å². The molecule has 0 atom stereocenters. The van der Waals surface area contributed by atoms with Gasteiger partial charge in [-0.25, -0.2) is 4.98 Å². The molecule has 0 aliphatic carbocycles. The molecule has 0 fully saturated rings. The average Bonchev–Trinajstić information content (AvgIpc) is 2.77. The van der Waals surface area contributed by atoms with Gasteiger partial charge in [-0.05, 0) is 43.1 Å². The van der Waals surface area contributed by atoms with E-state index in [0.717, 1.165) is 23.3 Å². The molecule has 0 amide bonds. The number of hydrogen-bond donors (Lipinski definition) is 1. The molecule has 102 valence electrons. The lowest BCUT2D eigenvalue weighted by atomic mass is 10.1. The molecule has 0 aliphatic heterocycles. The predicted octanol–water partition coefficient (Wildman–Crippen LogP) is 3.05. The van der Waals surface area contributed by atoms with Gasteiger partial charge in [0, 0.05) is 12.6 Å². The standard InChI is InChI=1S/C17H19N3/c1-12-5-3-4-6-14(12)17-19-15-11-13(9-10-18)7-8-16(15)20(17)2/h3-8,11H,9-10,18H2,1-2H3. The minimum Gasteiger partial charge on any atom is -0.330 e. The van der Waals surface area contributed by atoms with E-state index in [4.69, 9.17) is 10.7 Å². The molecule has 0 spiro atoms. The van der Waals surface area contributed by atoms with E-state index in [1.807, 2.05) is 0 Å². The number of imidazole rings is 1. The lowest BCUT2D eigenvalue weighted by molar-refractivity contribution is 0.955. The summed E-state index contributed by atoms with van der Waals surface area (Å²) < 4.78 is 2.16. The van der Waals surface area contributed by atoms with E-state index in [1.54, 1.807) is 0 Å². The second-order valence-corrected chi connectivity index (χ2v) is 5.17. The third-order valence-corrected chi connectivity index (χ3v) is 3.76. The van der Waals surface area contributed by atoms with Crippen LogP contribution in [0.15, 0.2) is 42.5 Å². The number of benzene rings is 2. The highest BCUT2D eigenvalue weighted by atomic mass is 15.1. The fraction of sp³-hybridized carbons (Fsp3) is 0.235. The van der Waals surface area contributed by atoms with Crippen LogP contribution < -0.4 is 5.73 Å². The van der Waals surface area contributed by atoms with Crippen LogP contribution in [0.25, 0.3) is 22.4 Å². The van der Waals surface area contributed by atoms with Crippen molar-refractivity contribution < 1.29 is 0 Å². The number of fused-ring (bicyclic) bond motifs is 1. The largest absolute Gasteiger partial charge is 0.330 e. The van der Waals surface area contributed by atoms with Gasteiger partial charge in [-0.15, -0.1) is 0 Å². The van der Waals surface area contributed by atoms with Gasteiger partial charge in [0.25, 0.3) is 0 Å². The number of nitrogens with two attached hydrogens (primary N) is 1. The summed E-state index contributed by atoms with van der Waals surface area (Å²) in [5.41, 5.74) is 11.5. The van der Waals surface area contributed by atoms with Crippen LogP contribution in [0.4, 0.5) is 0 Å². The maximum Gasteiger partial charge on any atom is 0.141 e. The molecule has 0 unspecified atom stereocenters. The van der Waals surface area contributed by atoms with E-state index in [0.29, 0.717) is 6.54 Å². The van der Waals surface area contributed by atoms with Gasteiger partial charge in [-0.2, -0.15) is 0 Å². The molecule has 1 aromatic heterocycles. The maximum absolute atomic E-state index is 5.63. The first-order valence-electron chi connectivity index (χ1n) is 6.92. The van der Waals surface area contributed by atoms with Gasteiger partial charge in [0.15, 0.2) is 0 Å². The molecule has 2 aromatic carbocycles. The molecule has 3 nitrogen and oxygen atoms in total. The maximum atomic E-state index is 5.63. The zero-order valence-electron chi connectivity index (χ0n) is 11.9. The quantitative estimate of drug-likeness (QED) is 0.791. The van der Waals surface area contributed by atoms with Crippen molar-refractivity contribution >= 4 is 11.0 Å². The van der Waals surface area contributed by atoms with Crippen LogP contribution in [0.3, 0.4) is 0 Å². The third kappa shape index (κ3) is 2.10. The molecule has 0 saturated carbocycles. The molecule has 20 heavy (non-hydrogen) atoms. The summed E-state index contributed by atoms with van der Waals surface area (Å²) in [5.74, 6) is 1.02. The Bertz CT molecular complexity index is 756. The Morgan fingerprint density at radius 2 is 1.95 bits per heavy atom. The lowest BCUT2D eigenvalue weighted by Crippen LogP contribution is -2.02. The van der Waals surface area contributed by atoms with Crippen LogP contribution >= 0.6 is 0 Å². The summed E-state index contributed by atoms with van der Waals surface area (Å²) in [5, 5.41) is 0. The Morgan fingerprint density at radius 3 is 2.70 bits per heavy atom. The number of aromatic nitrogens is 2. The highest BCUT2D eigenvalue weighted by molar-refractivity contribution is 5.81. The summed E-state index contributed by atoms with van der Waals surface area (Å²) in [7, 11) is 2.07. The molecule has 0 aliphatic rings. The Kier molecular flexibility index (Phi) is 3.28. The lowest BCUT2D eigenvalue weighted by Gasteiger charge is -2.05. The first-order valence-corrected chi connectivity index (χ1v) is 6.92. The van der Waals surface area contributed by atoms with Crippen LogP contribution in [0.5, 0.6) is 0 Å². The number of nitrogens with zero attached hydrogens (tertiary/aromatic N) is 2. The zero-order valence-corrected chi connectivity index (χ0v) is 11.9. The molecular formula is C17H19N3. The number of rotatable bonds is 3. The van der Waals surface area contributed by atoms with Crippen LogP contribution in [-0.2, 0) is 13.5 Å². The van der Waals surface area contributed by atoms with Crippen LogP contribution in [-0.4, -0.2) is 16.1 Å². The van der Waals surface area contributed by atoms with Gasteiger partial charge in [-0.3, -0.25) is 0 Å². The smallest absolute Gasteiger partial charge is 0.141 e. The average molecular weight is 265 g/mol. The Balaban J connectivity index is 2.18. The van der Waals surface area contributed by atoms with Crippen LogP contribution in [0.1, 0.15) is 11.1 Å². The van der Waals surface area contributed by atoms with Gasteiger partial charge in [0.1, 0.15) is 5.82 Å². The highest BCUT2D eigenvalue weighted by Crippen LogP contribution is 2.26. The minimum absolute atomic E-state index is 0.670. The molecule has 0 bridgehead atoms. The second-order valence-electron chi connectivity index (χ2n) is 5.17. The Hall–Kier alpha value is -2.13. The van der Waals surface area contributed by atoms with Crippen molar-refractivity contribution in [3.05, 3.63) is 53.6 Å². The van der Waals surface area contributed by atoms with Crippen LogP contribution in [0, 0.1) is 6.92 Å². The molecular weight excluding hydrogens is 246 g/mol. The minimum atomic E-state index is 0.670. The fourth-order valence-electron chi connectivity index (χ4n) is 2.63. The Morgan fingerprint density at radius 1 is 1.15 bits per heavy atom.